The van der Waals surface area contributed by atoms with E-state index in [2.05, 4.69) is 10.4 Å². The fourth-order valence-corrected chi connectivity index (χ4v) is 2.28. The van der Waals surface area contributed by atoms with Crippen molar-refractivity contribution < 1.29 is 14.3 Å². The van der Waals surface area contributed by atoms with Gasteiger partial charge in [0, 0.05) is 32.0 Å². The number of amides is 1. The first-order valence-electron chi connectivity index (χ1n) is 6.82. The van der Waals surface area contributed by atoms with E-state index in [4.69, 9.17) is 4.74 Å². The maximum atomic E-state index is 12.5. The third-order valence-corrected chi connectivity index (χ3v) is 3.36. The molecule has 1 N–H and O–H groups in total. The number of hydrogen-bond acceptors (Lipinski definition) is 5. The molecular formula is C13H20N4O3. The predicted octanol–water partition coefficient (Wildman–Crippen LogP) is -0.192. The molecule has 1 aliphatic rings. The smallest absolute Gasteiger partial charge is 0.330 e. The minimum atomic E-state index is -0.561. The summed E-state index contributed by atoms with van der Waals surface area (Å²) in [5.74, 6) is -0.478. The lowest BCUT2D eigenvalue weighted by atomic mass is 10.1. The average molecular weight is 280 g/mol. The van der Waals surface area contributed by atoms with Crippen LogP contribution in [0.25, 0.3) is 0 Å². The third-order valence-electron chi connectivity index (χ3n) is 3.36. The Kier molecular flexibility index (Phi) is 4.73. The van der Waals surface area contributed by atoms with Crippen molar-refractivity contribution in [1.82, 2.24) is 20.0 Å². The SMILES string of the molecule is CCOC(=O)C1CNCCN1C(=O)C(C)n1cccn1. The molecule has 1 saturated heterocycles. The lowest BCUT2D eigenvalue weighted by Gasteiger charge is -2.36. The quantitative estimate of drug-likeness (QED) is 0.773. The van der Waals surface area contributed by atoms with Crippen molar-refractivity contribution in [2.24, 2.45) is 0 Å². The van der Waals surface area contributed by atoms with Crippen molar-refractivity contribution in [3.05, 3.63) is 18.5 Å². The molecule has 0 aromatic carbocycles. The van der Waals surface area contributed by atoms with Crippen molar-refractivity contribution in [3.63, 3.8) is 0 Å². The third kappa shape index (κ3) is 2.98. The van der Waals surface area contributed by atoms with Gasteiger partial charge in [-0.15, -0.1) is 0 Å². The summed E-state index contributed by atoms with van der Waals surface area (Å²) < 4.78 is 6.63. The normalized spacial score (nSPS) is 20.5. The Morgan fingerprint density at radius 1 is 1.55 bits per heavy atom. The molecule has 2 heterocycles. The van der Waals surface area contributed by atoms with Crippen LogP contribution in [0.1, 0.15) is 19.9 Å². The second-order valence-electron chi connectivity index (χ2n) is 4.67. The van der Waals surface area contributed by atoms with Crippen LogP contribution >= 0.6 is 0 Å². The van der Waals surface area contributed by atoms with Crippen LogP contribution in [0.5, 0.6) is 0 Å². The molecule has 20 heavy (non-hydrogen) atoms. The van der Waals surface area contributed by atoms with Crippen molar-refractivity contribution in [2.45, 2.75) is 25.9 Å². The van der Waals surface area contributed by atoms with Crippen LogP contribution in [0.15, 0.2) is 18.5 Å². The van der Waals surface area contributed by atoms with Gasteiger partial charge in [-0.05, 0) is 19.9 Å². The highest BCUT2D eigenvalue weighted by molar-refractivity contribution is 5.87. The average Bonchev–Trinajstić information content (AvgIpc) is 3.00. The van der Waals surface area contributed by atoms with Gasteiger partial charge in [0.25, 0.3) is 0 Å². The number of carbonyl (C=O) groups excluding carboxylic acids is 2. The van der Waals surface area contributed by atoms with E-state index in [-0.39, 0.29) is 11.9 Å². The van der Waals surface area contributed by atoms with E-state index >= 15 is 0 Å². The fraction of sp³-hybridized carbons (Fsp3) is 0.615. The number of aromatic nitrogens is 2. The molecule has 1 aliphatic heterocycles. The number of hydrogen-bond donors (Lipinski definition) is 1. The van der Waals surface area contributed by atoms with Crippen molar-refractivity contribution in [2.75, 3.05) is 26.2 Å². The summed E-state index contributed by atoms with van der Waals surface area (Å²) >= 11 is 0. The molecular weight excluding hydrogens is 260 g/mol. The molecule has 0 radical (unpaired) electrons. The standard InChI is InChI=1S/C13H20N4O3/c1-3-20-13(19)11-9-14-6-8-16(11)12(18)10(2)17-7-4-5-15-17/h4-5,7,10-11,14H,3,6,8-9H2,1-2H3. The molecule has 0 aliphatic carbocycles. The zero-order chi connectivity index (χ0) is 14.5. The zero-order valence-corrected chi connectivity index (χ0v) is 11.8. The van der Waals surface area contributed by atoms with E-state index in [0.29, 0.717) is 26.2 Å². The summed E-state index contributed by atoms with van der Waals surface area (Å²) in [5, 5.41) is 7.19. The van der Waals surface area contributed by atoms with Gasteiger partial charge < -0.3 is 15.0 Å². The first kappa shape index (κ1) is 14.5. The Balaban J connectivity index is 2.11. The lowest BCUT2D eigenvalue weighted by Crippen LogP contribution is -2.58. The maximum Gasteiger partial charge on any atom is 0.330 e. The van der Waals surface area contributed by atoms with Gasteiger partial charge in [0.15, 0.2) is 0 Å². The summed E-state index contributed by atoms with van der Waals surface area (Å²) in [5.41, 5.74) is 0. The minimum absolute atomic E-state index is 0.117. The molecule has 0 bridgehead atoms. The van der Waals surface area contributed by atoms with Gasteiger partial charge in [0.1, 0.15) is 12.1 Å². The molecule has 2 rings (SSSR count). The number of nitrogens with one attached hydrogen (secondary N) is 1. The molecule has 1 aromatic rings. The molecule has 1 aromatic heterocycles. The van der Waals surface area contributed by atoms with Gasteiger partial charge in [-0.1, -0.05) is 0 Å². The summed E-state index contributed by atoms with van der Waals surface area (Å²) in [6.45, 7) is 5.44. The number of carbonyl (C=O) groups is 2. The maximum absolute atomic E-state index is 12.5. The number of esters is 1. The number of piperazine rings is 1. The first-order valence-corrected chi connectivity index (χ1v) is 6.82. The Morgan fingerprint density at radius 3 is 3.00 bits per heavy atom. The molecule has 7 heteroatoms. The van der Waals surface area contributed by atoms with Crippen molar-refractivity contribution in [1.29, 1.82) is 0 Å². The van der Waals surface area contributed by atoms with E-state index in [1.165, 1.54) is 0 Å². The van der Waals surface area contributed by atoms with Crippen molar-refractivity contribution >= 4 is 11.9 Å². The molecule has 110 valence electrons. The van der Waals surface area contributed by atoms with Gasteiger partial charge in [-0.3, -0.25) is 9.48 Å². The van der Waals surface area contributed by atoms with E-state index in [0.717, 1.165) is 0 Å². The lowest BCUT2D eigenvalue weighted by molar-refractivity contribution is -0.157. The van der Waals surface area contributed by atoms with Crippen LogP contribution in [-0.2, 0) is 14.3 Å². The van der Waals surface area contributed by atoms with Crippen LogP contribution in [-0.4, -0.2) is 58.8 Å². The van der Waals surface area contributed by atoms with Crippen LogP contribution in [0.4, 0.5) is 0 Å². The molecule has 0 saturated carbocycles. The highest BCUT2D eigenvalue weighted by Gasteiger charge is 2.35. The van der Waals surface area contributed by atoms with Gasteiger partial charge in [0.2, 0.25) is 5.91 Å². The molecule has 1 fully saturated rings. The topological polar surface area (TPSA) is 76.5 Å². The zero-order valence-electron chi connectivity index (χ0n) is 11.8. The van der Waals surface area contributed by atoms with Crippen LogP contribution < -0.4 is 5.32 Å². The van der Waals surface area contributed by atoms with Gasteiger partial charge in [-0.2, -0.15) is 5.10 Å². The molecule has 2 unspecified atom stereocenters. The van der Waals surface area contributed by atoms with E-state index in [1.54, 1.807) is 41.9 Å². The second-order valence-corrected chi connectivity index (χ2v) is 4.67. The number of rotatable bonds is 4. The minimum Gasteiger partial charge on any atom is -0.464 e. The van der Waals surface area contributed by atoms with Gasteiger partial charge >= 0.3 is 5.97 Å². The van der Waals surface area contributed by atoms with E-state index < -0.39 is 12.1 Å². The number of ether oxygens (including phenoxy) is 1. The highest BCUT2D eigenvalue weighted by Crippen LogP contribution is 2.14. The molecule has 2 atom stereocenters. The van der Waals surface area contributed by atoms with Crippen LogP contribution in [0.2, 0.25) is 0 Å². The second kappa shape index (κ2) is 6.51. The Bertz CT molecular complexity index is 460. The van der Waals surface area contributed by atoms with E-state index in [9.17, 15) is 9.59 Å². The molecule has 7 nitrogen and oxygen atoms in total. The number of nitrogens with zero attached hydrogens (tertiary/aromatic N) is 3. The van der Waals surface area contributed by atoms with Crippen molar-refractivity contribution in [3.8, 4) is 0 Å². The highest BCUT2D eigenvalue weighted by atomic mass is 16.5. The van der Waals surface area contributed by atoms with Crippen LogP contribution in [0, 0.1) is 0 Å². The monoisotopic (exact) mass is 280 g/mol. The summed E-state index contributed by atoms with van der Waals surface area (Å²) in [6, 6.07) is 0.777. The van der Waals surface area contributed by atoms with Crippen LogP contribution in [0.3, 0.4) is 0 Å². The van der Waals surface area contributed by atoms with Gasteiger partial charge in [-0.25, -0.2) is 4.79 Å². The van der Waals surface area contributed by atoms with Gasteiger partial charge in [0.05, 0.1) is 6.61 Å². The fourth-order valence-electron chi connectivity index (χ4n) is 2.28. The largest absolute Gasteiger partial charge is 0.464 e. The van der Waals surface area contributed by atoms with E-state index in [1.807, 2.05) is 0 Å². The Labute approximate surface area is 117 Å². The molecule has 1 amide bonds. The Hall–Kier alpha value is -1.89. The Morgan fingerprint density at radius 2 is 2.35 bits per heavy atom. The summed E-state index contributed by atoms with van der Waals surface area (Å²) in [6.07, 6.45) is 3.37. The first-order chi connectivity index (χ1) is 9.65. The molecule has 0 spiro atoms. The predicted molar refractivity (Wildman–Crippen MR) is 71.9 cm³/mol. The summed E-state index contributed by atoms with van der Waals surface area (Å²) in [7, 11) is 0. The summed E-state index contributed by atoms with van der Waals surface area (Å²) in [4.78, 5) is 26.1.